The number of nitrogen functional groups attached to an aromatic ring is 1. The number of oxime groups is 1. The Morgan fingerprint density at radius 3 is 2.71 bits per heavy atom. The number of rotatable bonds is 2. The highest BCUT2D eigenvalue weighted by atomic mass is 32.1. The normalized spacial score (nSPS) is 10.0. The molecule has 0 aliphatic heterocycles. The fourth-order valence-corrected chi connectivity index (χ4v) is 1.04. The second-order valence-corrected chi connectivity index (χ2v) is 2.70. The summed E-state index contributed by atoms with van der Waals surface area (Å²) in [6.45, 7) is 1.50. The molecule has 0 radical (unpaired) electrons. The SMILES string of the molecule is CO/N=C(/C)c1nsc(N)n1.O=CO. The molecule has 1 aromatic rings. The van der Waals surface area contributed by atoms with Crippen molar-refractivity contribution in [2.75, 3.05) is 12.8 Å². The highest BCUT2D eigenvalue weighted by Crippen LogP contribution is 2.06. The number of aromatic nitrogens is 2. The van der Waals surface area contributed by atoms with Crippen molar-refractivity contribution in [3.8, 4) is 0 Å². The molecule has 0 saturated carbocycles. The zero-order chi connectivity index (χ0) is 11.0. The van der Waals surface area contributed by atoms with Crippen molar-refractivity contribution < 1.29 is 14.7 Å². The first-order valence-electron chi connectivity index (χ1n) is 3.40. The van der Waals surface area contributed by atoms with Gasteiger partial charge in [0, 0.05) is 11.5 Å². The molecule has 0 unspecified atom stereocenters. The molecule has 8 heteroatoms. The smallest absolute Gasteiger partial charge is 0.290 e. The predicted molar refractivity (Wildman–Crippen MR) is 52.2 cm³/mol. The van der Waals surface area contributed by atoms with Gasteiger partial charge in [-0.3, -0.25) is 4.79 Å². The standard InChI is InChI=1S/C5H8N4OS.CH2O2/c1-3(8-10-2)4-7-5(6)11-9-4;2-1-3/h1-2H3,(H2,6,7,9);1H,(H,2,3)/b8-3-;. The number of hydrogen-bond donors (Lipinski definition) is 2. The van der Waals surface area contributed by atoms with Gasteiger partial charge in [0.1, 0.15) is 12.8 Å². The maximum absolute atomic E-state index is 8.36. The third-order valence-corrected chi connectivity index (χ3v) is 1.54. The lowest BCUT2D eigenvalue weighted by atomic mass is 10.4. The molecular weight excluding hydrogens is 208 g/mol. The lowest BCUT2D eigenvalue weighted by Gasteiger charge is -1.89. The van der Waals surface area contributed by atoms with E-state index in [2.05, 4.69) is 19.4 Å². The van der Waals surface area contributed by atoms with Crippen LogP contribution in [0.2, 0.25) is 0 Å². The van der Waals surface area contributed by atoms with E-state index in [1.807, 2.05) is 0 Å². The molecule has 0 aliphatic carbocycles. The molecule has 1 aromatic heterocycles. The van der Waals surface area contributed by atoms with Crippen LogP contribution in [0.15, 0.2) is 5.16 Å². The Hall–Kier alpha value is -1.70. The van der Waals surface area contributed by atoms with E-state index in [0.29, 0.717) is 16.7 Å². The van der Waals surface area contributed by atoms with Crippen LogP contribution >= 0.6 is 11.5 Å². The molecule has 78 valence electrons. The van der Waals surface area contributed by atoms with E-state index in [1.54, 1.807) is 6.92 Å². The molecule has 0 atom stereocenters. The van der Waals surface area contributed by atoms with Gasteiger partial charge in [-0.05, 0) is 6.92 Å². The summed E-state index contributed by atoms with van der Waals surface area (Å²) in [7, 11) is 1.47. The van der Waals surface area contributed by atoms with Gasteiger partial charge in [0.25, 0.3) is 6.47 Å². The number of nitrogens with two attached hydrogens (primary N) is 1. The number of carbonyl (C=O) groups is 1. The molecule has 14 heavy (non-hydrogen) atoms. The highest BCUT2D eigenvalue weighted by molar-refractivity contribution is 7.09. The van der Waals surface area contributed by atoms with Crippen LogP contribution in [-0.4, -0.2) is 33.8 Å². The summed E-state index contributed by atoms with van der Waals surface area (Å²) in [5.74, 6) is 0.523. The largest absolute Gasteiger partial charge is 0.483 e. The molecule has 1 heterocycles. The zero-order valence-electron chi connectivity index (χ0n) is 7.67. The number of nitrogens with zero attached hydrogens (tertiary/aromatic N) is 3. The van der Waals surface area contributed by atoms with Gasteiger partial charge in [-0.25, -0.2) is 0 Å². The molecular formula is C6H10N4O3S. The van der Waals surface area contributed by atoms with Crippen molar-refractivity contribution in [1.29, 1.82) is 0 Å². The fourth-order valence-electron chi connectivity index (χ4n) is 0.560. The van der Waals surface area contributed by atoms with E-state index in [0.717, 1.165) is 11.5 Å². The summed E-state index contributed by atoms with van der Waals surface area (Å²) in [5, 5.41) is 11.0. The van der Waals surface area contributed by atoms with Gasteiger partial charge in [0.15, 0.2) is 11.0 Å². The van der Waals surface area contributed by atoms with Gasteiger partial charge < -0.3 is 15.7 Å². The van der Waals surface area contributed by atoms with Gasteiger partial charge in [0.05, 0.1) is 0 Å². The third kappa shape index (κ3) is 4.36. The second kappa shape index (κ2) is 6.78. The van der Waals surface area contributed by atoms with E-state index in [4.69, 9.17) is 15.6 Å². The molecule has 0 spiro atoms. The monoisotopic (exact) mass is 218 g/mol. The van der Waals surface area contributed by atoms with Crippen LogP contribution in [-0.2, 0) is 9.63 Å². The van der Waals surface area contributed by atoms with E-state index >= 15 is 0 Å². The van der Waals surface area contributed by atoms with Gasteiger partial charge in [-0.1, -0.05) is 5.16 Å². The van der Waals surface area contributed by atoms with Gasteiger partial charge in [0.2, 0.25) is 0 Å². The van der Waals surface area contributed by atoms with Crippen molar-refractivity contribution in [3.63, 3.8) is 0 Å². The van der Waals surface area contributed by atoms with Crippen molar-refractivity contribution in [3.05, 3.63) is 5.82 Å². The first kappa shape index (κ1) is 12.3. The molecule has 7 nitrogen and oxygen atoms in total. The van der Waals surface area contributed by atoms with Crippen molar-refractivity contribution in [2.24, 2.45) is 5.16 Å². The molecule has 0 amide bonds. The molecule has 0 bridgehead atoms. The average Bonchev–Trinajstić information content (AvgIpc) is 2.54. The van der Waals surface area contributed by atoms with Crippen LogP contribution in [0.4, 0.5) is 5.13 Å². The molecule has 0 fully saturated rings. The Kier molecular flexibility index (Phi) is 5.95. The van der Waals surface area contributed by atoms with Gasteiger partial charge in [-0.15, -0.1) is 0 Å². The molecule has 0 saturated heterocycles. The minimum Gasteiger partial charge on any atom is -0.483 e. The number of anilines is 1. The van der Waals surface area contributed by atoms with Crippen LogP contribution < -0.4 is 5.73 Å². The van der Waals surface area contributed by atoms with Crippen LogP contribution in [0.1, 0.15) is 12.7 Å². The summed E-state index contributed by atoms with van der Waals surface area (Å²) in [5.41, 5.74) is 5.99. The van der Waals surface area contributed by atoms with E-state index in [-0.39, 0.29) is 6.47 Å². The molecule has 1 rings (SSSR count). The molecule has 0 aliphatic rings. The van der Waals surface area contributed by atoms with Crippen LogP contribution in [0, 0.1) is 0 Å². The van der Waals surface area contributed by atoms with E-state index in [9.17, 15) is 0 Å². The maximum atomic E-state index is 8.36. The van der Waals surface area contributed by atoms with Crippen molar-refractivity contribution in [2.45, 2.75) is 6.92 Å². The Morgan fingerprint density at radius 2 is 2.36 bits per heavy atom. The summed E-state index contributed by atoms with van der Waals surface area (Å²) < 4.78 is 3.93. The maximum Gasteiger partial charge on any atom is 0.290 e. The minimum absolute atomic E-state index is 0.250. The summed E-state index contributed by atoms with van der Waals surface area (Å²) in [6.07, 6.45) is 0. The predicted octanol–water partition coefficient (Wildman–Crippen LogP) is 0.191. The lowest BCUT2D eigenvalue weighted by Crippen LogP contribution is -1.98. The molecule has 0 aromatic carbocycles. The quantitative estimate of drug-likeness (QED) is 0.416. The summed E-state index contributed by atoms with van der Waals surface area (Å²) in [6, 6.07) is 0. The van der Waals surface area contributed by atoms with Crippen LogP contribution in [0.5, 0.6) is 0 Å². The third-order valence-electron chi connectivity index (χ3n) is 0.994. The van der Waals surface area contributed by atoms with Crippen LogP contribution in [0.25, 0.3) is 0 Å². The topological polar surface area (TPSA) is 111 Å². The Labute approximate surface area is 84.4 Å². The summed E-state index contributed by atoms with van der Waals surface area (Å²) >= 11 is 1.14. The number of carboxylic acid groups (broad SMARTS) is 1. The highest BCUT2D eigenvalue weighted by Gasteiger charge is 2.03. The second-order valence-electron chi connectivity index (χ2n) is 1.92. The lowest BCUT2D eigenvalue weighted by molar-refractivity contribution is -0.122. The van der Waals surface area contributed by atoms with Crippen molar-refractivity contribution in [1.82, 2.24) is 9.36 Å². The van der Waals surface area contributed by atoms with E-state index < -0.39 is 0 Å². The number of hydrogen-bond acceptors (Lipinski definition) is 7. The Morgan fingerprint density at radius 1 is 1.79 bits per heavy atom. The fraction of sp³-hybridized carbons (Fsp3) is 0.333. The van der Waals surface area contributed by atoms with E-state index in [1.165, 1.54) is 7.11 Å². The van der Waals surface area contributed by atoms with Gasteiger partial charge in [-0.2, -0.15) is 9.36 Å². The zero-order valence-corrected chi connectivity index (χ0v) is 8.48. The van der Waals surface area contributed by atoms with Crippen LogP contribution in [0.3, 0.4) is 0 Å². The Balaban J connectivity index is 0.000000500. The first-order valence-corrected chi connectivity index (χ1v) is 4.18. The van der Waals surface area contributed by atoms with Gasteiger partial charge >= 0.3 is 0 Å². The molecule has 3 N–H and O–H groups in total. The Bertz CT molecular complexity index is 312. The first-order chi connectivity index (χ1) is 6.65. The average molecular weight is 218 g/mol. The van der Waals surface area contributed by atoms with Crippen molar-refractivity contribution >= 4 is 28.8 Å². The minimum atomic E-state index is -0.250. The summed E-state index contributed by atoms with van der Waals surface area (Å²) in [4.78, 5) is 16.8.